The molecule has 2 aliphatic heterocycles. The Morgan fingerprint density at radius 2 is 1.45 bits per heavy atom. The van der Waals surface area contributed by atoms with Crippen LogP contribution in [0.15, 0.2) is 82.0 Å². The molecule has 3 aliphatic rings. The van der Waals surface area contributed by atoms with Crippen molar-refractivity contribution >= 4 is 27.3 Å². The Morgan fingerprint density at radius 3 is 2.08 bits per heavy atom. The molecule has 5 rings (SSSR count). The second-order valence-corrected chi connectivity index (χ2v) is 12.7. The number of allylic oxidation sites excluding steroid dienone is 7. The van der Waals surface area contributed by atoms with E-state index in [4.69, 9.17) is 14.2 Å². The summed E-state index contributed by atoms with van der Waals surface area (Å²) < 4.78 is 18.5. The molecule has 212 valence electrons. The predicted octanol–water partition coefficient (Wildman–Crippen LogP) is 8.01. The van der Waals surface area contributed by atoms with Crippen LogP contribution in [0.1, 0.15) is 51.7 Å². The summed E-state index contributed by atoms with van der Waals surface area (Å²) in [4.78, 5) is 4.54. The van der Waals surface area contributed by atoms with E-state index in [9.17, 15) is 0 Å². The second-order valence-electron chi connectivity index (χ2n) is 12.0. The Labute approximate surface area is 247 Å². The molecule has 0 saturated heterocycles. The van der Waals surface area contributed by atoms with Gasteiger partial charge in [-0.05, 0) is 83.7 Å². The van der Waals surface area contributed by atoms with Gasteiger partial charge in [0.2, 0.25) is 0 Å². The van der Waals surface area contributed by atoms with Gasteiger partial charge in [0.15, 0.2) is 5.72 Å². The lowest BCUT2D eigenvalue weighted by Gasteiger charge is -2.43. The van der Waals surface area contributed by atoms with Crippen molar-refractivity contribution in [3.63, 3.8) is 0 Å². The molecule has 0 aromatic heterocycles. The van der Waals surface area contributed by atoms with Crippen LogP contribution in [0.4, 0.5) is 11.4 Å². The van der Waals surface area contributed by atoms with Crippen LogP contribution in [0.3, 0.4) is 0 Å². The Balaban J connectivity index is 1.45. The van der Waals surface area contributed by atoms with Gasteiger partial charge >= 0.3 is 0 Å². The number of rotatable bonds is 6. The van der Waals surface area contributed by atoms with Crippen molar-refractivity contribution in [2.24, 2.45) is 0 Å². The smallest absolute Gasteiger partial charge is 0.169 e. The average Bonchev–Trinajstić information content (AvgIpc) is 3.45. The molecule has 5 nitrogen and oxygen atoms in total. The van der Waals surface area contributed by atoms with Crippen LogP contribution >= 0.6 is 15.9 Å². The quantitative estimate of drug-likeness (QED) is 0.333. The van der Waals surface area contributed by atoms with E-state index in [2.05, 4.69) is 116 Å². The predicted molar refractivity (Wildman–Crippen MR) is 169 cm³/mol. The van der Waals surface area contributed by atoms with Gasteiger partial charge in [0.05, 0.1) is 14.2 Å². The van der Waals surface area contributed by atoms with Crippen LogP contribution in [0.25, 0.3) is 0 Å². The average molecular weight is 606 g/mol. The molecule has 2 aromatic carbocycles. The fraction of sp³-hybridized carbons (Fsp3) is 0.412. The van der Waals surface area contributed by atoms with Gasteiger partial charge in [-0.2, -0.15) is 0 Å². The molecule has 0 fully saturated rings. The van der Waals surface area contributed by atoms with Crippen molar-refractivity contribution < 1.29 is 14.2 Å². The molecule has 1 aliphatic carbocycles. The molecule has 0 radical (unpaired) electrons. The van der Waals surface area contributed by atoms with Crippen LogP contribution in [0.2, 0.25) is 0 Å². The molecule has 1 unspecified atom stereocenters. The molecule has 2 heterocycles. The lowest BCUT2D eigenvalue weighted by atomic mass is 9.77. The number of fused-ring (bicyclic) bond motifs is 2. The van der Waals surface area contributed by atoms with Gasteiger partial charge in [-0.25, -0.2) is 0 Å². The first-order valence-corrected chi connectivity index (χ1v) is 14.6. The lowest BCUT2D eigenvalue weighted by molar-refractivity contribution is -0.0129. The zero-order valence-electron chi connectivity index (χ0n) is 25.2. The summed E-state index contributed by atoms with van der Waals surface area (Å²) in [5.41, 5.74) is 7.72. The summed E-state index contributed by atoms with van der Waals surface area (Å²) in [6.45, 7) is 9.05. The van der Waals surface area contributed by atoms with E-state index in [1.807, 2.05) is 12.1 Å². The van der Waals surface area contributed by atoms with E-state index in [-0.39, 0.29) is 10.8 Å². The third-order valence-corrected chi connectivity index (χ3v) is 10.4. The molecule has 1 atom stereocenters. The number of methoxy groups -OCH3 is 3. The van der Waals surface area contributed by atoms with Crippen molar-refractivity contribution in [2.75, 3.05) is 45.2 Å². The van der Waals surface area contributed by atoms with Crippen LogP contribution < -0.4 is 19.3 Å². The number of nitrogens with zero attached hydrogens (tertiary/aromatic N) is 2. The Kier molecular flexibility index (Phi) is 7.25. The third-order valence-electron chi connectivity index (χ3n) is 9.36. The fourth-order valence-corrected chi connectivity index (χ4v) is 7.51. The normalized spacial score (nSPS) is 24.9. The summed E-state index contributed by atoms with van der Waals surface area (Å²) in [5, 5.41) is 0. The molecular formula is C34H41BrN2O3. The largest absolute Gasteiger partial charge is 0.497 e. The van der Waals surface area contributed by atoms with Crippen LogP contribution in [-0.2, 0) is 15.6 Å². The second kappa shape index (κ2) is 10.1. The molecule has 40 heavy (non-hydrogen) atoms. The summed E-state index contributed by atoms with van der Waals surface area (Å²) >= 11 is 3.94. The van der Waals surface area contributed by atoms with Crippen molar-refractivity contribution in [3.8, 4) is 11.5 Å². The highest BCUT2D eigenvalue weighted by atomic mass is 79.9. The minimum Gasteiger partial charge on any atom is -0.497 e. The zero-order valence-corrected chi connectivity index (χ0v) is 26.8. The number of ether oxygens (including phenoxy) is 3. The summed E-state index contributed by atoms with van der Waals surface area (Å²) in [6, 6.07) is 12.6. The van der Waals surface area contributed by atoms with E-state index < -0.39 is 5.72 Å². The molecule has 2 aromatic rings. The SMILES string of the molecule is COc1ccc2c(c1)C(C)(C)/C(=C/C=C1\CCC(/C=C/C3(OC)N(C)c4ccc(OC)cc4C3(C)C)=C1Br)N2C. The van der Waals surface area contributed by atoms with Crippen molar-refractivity contribution in [1.82, 2.24) is 0 Å². The maximum atomic E-state index is 6.32. The van der Waals surface area contributed by atoms with Gasteiger partial charge < -0.3 is 24.0 Å². The molecule has 0 amide bonds. The topological polar surface area (TPSA) is 34.2 Å². The molecule has 0 bridgehead atoms. The number of halogens is 1. The maximum Gasteiger partial charge on any atom is 0.169 e. The monoisotopic (exact) mass is 604 g/mol. The van der Waals surface area contributed by atoms with Gasteiger partial charge in [-0.15, -0.1) is 0 Å². The Hall–Kier alpha value is -2.96. The number of hydrogen-bond donors (Lipinski definition) is 0. The summed E-state index contributed by atoms with van der Waals surface area (Å²) in [7, 11) is 9.49. The third kappa shape index (κ3) is 4.14. The van der Waals surface area contributed by atoms with Crippen LogP contribution in [0, 0.1) is 0 Å². The highest BCUT2D eigenvalue weighted by molar-refractivity contribution is 9.12. The fourth-order valence-electron chi connectivity index (χ4n) is 6.85. The minimum atomic E-state index is -0.625. The van der Waals surface area contributed by atoms with Crippen LogP contribution in [-0.4, -0.2) is 41.1 Å². The lowest BCUT2D eigenvalue weighted by Crippen LogP contribution is -2.54. The van der Waals surface area contributed by atoms with E-state index in [0.717, 1.165) is 30.0 Å². The number of hydrogen-bond acceptors (Lipinski definition) is 5. The summed E-state index contributed by atoms with van der Waals surface area (Å²) in [6.07, 6.45) is 11.0. The van der Waals surface area contributed by atoms with Crippen molar-refractivity contribution in [2.45, 2.75) is 57.1 Å². The Morgan fingerprint density at radius 1 is 0.825 bits per heavy atom. The van der Waals surface area contributed by atoms with E-state index in [1.165, 1.54) is 38.1 Å². The van der Waals surface area contributed by atoms with Gasteiger partial charge in [0.25, 0.3) is 0 Å². The number of likely N-dealkylation sites (N-methyl/N-ethyl adjacent to an activating group) is 2. The molecule has 6 heteroatoms. The molecule has 0 N–H and O–H groups in total. The zero-order chi connectivity index (χ0) is 29.0. The van der Waals surface area contributed by atoms with Gasteiger partial charge in [-0.3, -0.25) is 0 Å². The summed E-state index contributed by atoms with van der Waals surface area (Å²) in [5.74, 6) is 1.75. The molecule has 0 spiro atoms. The standard InChI is InChI=1S/C34H41BrN2O3/c1-32(2)26-20-24(38-7)13-15-28(26)36(5)30(32)17-12-22-10-11-23(31(22)35)18-19-34(40-9)33(3,4)27-21-25(39-8)14-16-29(27)37(34)6/h12-21H,10-11H2,1-9H3/b19-18+,22-12+,30-17-. The van der Waals surface area contributed by atoms with Crippen molar-refractivity contribution in [3.05, 3.63) is 93.2 Å². The number of benzene rings is 2. The highest BCUT2D eigenvalue weighted by Gasteiger charge is 2.55. The maximum absolute atomic E-state index is 6.32. The number of anilines is 2. The Bertz CT molecular complexity index is 1470. The first-order valence-electron chi connectivity index (χ1n) is 13.8. The molecule has 0 saturated carbocycles. The highest BCUT2D eigenvalue weighted by Crippen LogP contribution is 2.53. The van der Waals surface area contributed by atoms with Gasteiger partial charge in [0, 0.05) is 53.6 Å². The first kappa shape index (κ1) is 28.6. The van der Waals surface area contributed by atoms with E-state index in [0.29, 0.717) is 0 Å². The van der Waals surface area contributed by atoms with Crippen LogP contribution in [0.5, 0.6) is 11.5 Å². The minimum absolute atomic E-state index is 0.117. The van der Waals surface area contributed by atoms with Gasteiger partial charge in [0.1, 0.15) is 11.5 Å². The first-order chi connectivity index (χ1) is 18.9. The van der Waals surface area contributed by atoms with Crippen molar-refractivity contribution in [1.29, 1.82) is 0 Å². The van der Waals surface area contributed by atoms with Gasteiger partial charge in [-0.1, -0.05) is 55.8 Å². The molecular weight excluding hydrogens is 564 g/mol. The van der Waals surface area contributed by atoms with E-state index >= 15 is 0 Å². The van der Waals surface area contributed by atoms with E-state index in [1.54, 1.807) is 21.3 Å².